The zero-order valence-corrected chi connectivity index (χ0v) is 21.0. The van der Waals surface area contributed by atoms with Crippen molar-refractivity contribution < 1.29 is 24.2 Å². The normalized spacial score (nSPS) is 13.6. The minimum atomic E-state index is -0.873. The van der Waals surface area contributed by atoms with E-state index in [1.165, 1.54) is 0 Å². The molecule has 1 aliphatic carbocycles. The van der Waals surface area contributed by atoms with E-state index in [9.17, 15) is 14.4 Å². The van der Waals surface area contributed by atoms with Gasteiger partial charge in [-0.15, -0.1) is 0 Å². The quantitative estimate of drug-likeness (QED) is 0.422. The van der Waals surface area contributed by atoms with Crippen molar-refractivity contribution >= 4 is 18.0 Å². The number of ether oxygens (including phenoxy) is 1. The number of carboxylic acid groups (broad SMARTS) is 1. The first-order valence-electron chi connectivity index (χ1n) is 12.2. The SMILES string of the molecule is CC(C)C[C@H](CNC(=O)CC(C)(C)NC(=O)OCC1c2ccccc2-c2ccccc21)CC(=O)O. The summed E-state index contributed by atoms with van der Waals surface area (Å²) >= 11 is 0. The van der Waals surface area contributed by atoms with Crippen LogP contribution in [0.15, 0.2) is 48.5 Å². The number of rotatable bonds is 11. The number of nitrogens with one attached hydrogen (secondary N) is 2. The van der Waals surface area contributed by atoms with E-state index in [1.54, 1.807) is 13.8 Å². The molecule has 3 N–H and O–H groups in total. The molecule has 0 heterocycles. The summed E-state index contributed by atoms with van der Waals surface area (Å²) in [5.74, 6) is -0.945. The van der Waals surface area contributed by atoms with Crippen LogP contribution in [0.4, 0.5) is 4.79 Å². The van der Waals surface area contributed by atoms with Gasteiger partial charge in [-0.05, 0) is 54.4 Å². The van der Waals surface area contributed by atoms with E-state index in [2.05, 4.69) is 34.9 Å². The number of alkyl carbamates (subject to hydrolysis) is 1. The lowest BCUT2D eigenvalue weighted by atomic mass is 9.93. The van der Waals surface area contributed by atoms with Crippen LogP contribution in [0.5, 0.6) is 0 Å². The maximum Gasteiger partial charge on any atom is 0.407 e. The Morgan fingerprint density at radius 2 is 1.57 bits per heavy atom. The second kappa shape index (κ2) is 11.4. The number of benzene rings is 2. The topological polar surface area (TPSA) is 105 Å². The molecule has 0 unspecified atom stereocenters. The Balaban J connectivity index is 1.51. The van der Waals surface area contributed by atoms with Gasteiger partial charge >= 0.3 is 12.1 Å². The van der Waals surface area contributed by atoms with E-state index in [0.717, 1.165) is 22.3 Å². The van der Waals surface area contributed by atoms with Crippen LogP contribution in [0.3, 0.4) is 0 Å². The van der Waals surface area contributed by atoms with Gasteiger partial charge in [0.1, 0.15) is 6.61 Å². The molecule has 7 nitrogen and oxygen atoms in total. The fourth-order valence-electron chi connectivity index (χ4n) is 4.83. The monoisotopic (exact) mass is 480 g/mol. The lowest BCUT2D eigenvalue weighted by molar-refractivity contribution is -0.138. The Bertz CT molecular complexity index is 1020. The molecule has 2 aromatic rings. The van der Waals surface area contributed by atoms with Gasteiger partial charge in [0, 0.05) is 30.8 Å². The zero-order valence-electron chi connectivity index (χ0n) is 21.0. The summed E-state index contributed by atoms with van der Waals surface area (Å²) in [7, 11) is 0. The predicted molar refractivity (Wildman–Crippen MR) is 135 cm³/mol. The van der Waals surface area contributed by atoms with Gasteiger partial charge in [0.05, 0.1) is 0 Å². The molecule has 2 aromatic carbocycles. The molecule has 0 aromatic heterocycles. The Morgan fingerprint density at radius 3 is 2.11 bits per heavy atom. The average Bonchev–Trinajstić information content (AvgIpc) is 3.08. The predicted octanol–water partition coefficient (Wildman–Crippen LogP) is 4.95. The second-order valence-corrected chi connectivity index (χ2v) is 10.4. The summed E-state index contributed by atoms with van der Waals surface area (Å²) in [6, 6.07) is 16.3. The van der Waals surface area contributed by atoms with Crippen molar-refractivity contribution in [1.82, 2.24) is 10.6 Å². The van der Waals surface area contributed by atoms with Gasteiger partial charge in [0.2, 0.25) is 5.91 Å². The van der Waals surface area contributed by atoms with Gasteiger partial charge < -0.3 is 20.5 Å². The van der Waals surface area contributed by atoms with Crippen LogP contribution in [-0.4, -0.2) is 41.8 Å². The number of carboxylic acids is 1. The zero-order chi connectivity index (χ0) is 25.6. The number of carbonyl (C=O) groups is 3. The number of hydrogen-bond donors (Lipinski definition) is 3. The maximum atomic E-state index is 12.6. The van der Waals surface area contributed by atoms with Crippen molar-refractivity contribution in [3.8, 4) is 11.1 Å². The molecule has 1 aliphatic rings. The van der Waals surface area contributed by atoms with E-state index in [-0.39, 0.29) is 37.2 Å². The van der Waals surface area contributed by atoms with Crippen LogP contribution in [0.1, 0.15) is 64.0 Å². The molecule has 3 rings (SSSR count). The van der Waals surface area contributed by atoms with E-state index in [4.69, 9.17) is 9.84 Å². The van der Waals surface area contributed by atoms with Crippen molar-refractivity contribution in [2.75, 3.05) is 13.2 Å². The van der Waals surface area contributed by atoms with Crippen LogP contribution in [0.2, 0.25) is 0 Å². The first kappa shape index (κ1) is 26.3. The van der Waals surface area contributed by atoms with Gasteiger partial charge in [-0.25, -0.2) is 4.79 Å². The fraction of sp³-hybridized carbons (Fsp3) is 0.464. The Labute approximate surface area is 207 Å². The number of aliphatic carboxylic acids is 1. The maximum absolute atomic E-state index is 12.6. The minimum absolute atomic E-state index is 0.0137. The van der Waals surface area contributed by atoms with E-state index in [1.807, 2.05) is 38.1 Å². The van der Waals surface area contributed by atoms with Gasteiger partial charge in [0.15, 0.2) is 0 Å². The molecule has 188 valence electrons. The number of carbonyl (C=O) groups excluding carboxylic acids is 2. The average molecular weight is 481 g/mol. The van der Waals surface area contributed by atoms with Gasteiger partial charge in [-0.1, -0.05) is 62.4 Å². The van der Waals surface area contributed by atoms with Crippen molar-refractivity contribution in [3.05, 3.63) is 59.7 Å². The summed E-state index contributed by atoms with van der Waals surface area (Å²) in [4.78, 5) is 36.2. The van der Waals surface area contributed by atoms with Crippen molar-refractivity contribution in [3.63, 3.8) is 0 Å². The van der Waals surface area contributed by atoms with Crippen LogP contribution in [0.25, 0.3) is 11.1 Å². The van der Waals surface area contributed by atoms with Crippen LogP contribution < -0.4 is 10.6 Å². The second-order valence-electron chi connectivity index (χ2n) is 10.4. The first-order chi connectivity index (χ1) is 16.6. The smallest absolute Gasteiger partial charge is 0.407 e. The van der Waals surface area contributed by atoms with Crippen LogP contribution in [0, 0.1) is 11.8 Å². The summed E-state index contributed by atoms with van der Waals surface area (Å²) < 4.78 is 5.60. The lowest BCUT2D eigenvalue weighted by Crippen LogP contribution is -2.47. The van der Waals surface area contributed by atoms with Crippen LogP contribution in [-0.2, 0) is 14.3 Å². The Hall–Kier alpha value is -3.35. The molecule has 0 aliphatic heterocycles. The third kappa shape index (κ3) is 7.31. The van der Waals surface area contributed by atoms with Crippen LogP contribution >= 0.6 is 0 Å². The van der Waals surface area contributed by atoms with Gasteiger partial charge in [-0.2, -0.15) is 0 Å². The number of amides is 2. The molecule has 7 heteroatoms. The summed E-state index contributed by atoms with van der Waals surface area (Å²) in [5, 5.41) is 14.7. The van der Waals surface area contributed by atoms with Gasteiger partial charge in [0.25, 0.3) is 0 Å². The highest BCUT2D eigenvalue weighted by Crippen LogP contribution is 2.44. The fourth-order valence-corrected chi connectivity index (χ4v) is 4.83. The number of fused-ring (bicyclic) bond motifs is 3. The van der Waals surface area contributed by atoms with Crippen molar-refractivity contribution in [1.29, 1.82) is 0 Å². The van der Waals surface area contributed by atoms with Crippen molar-refractivity contribution in [2.45, 2.75) is 58.4 Å². The third-order valence-corrected chi connectivity index (χ3v) is 6.24. The Morgan fingerprint density at radius 1 is 1.00 bits per heavy atom. The first-order valence-corrected chi connectivity index (χ1v) is 12.2. The molecule has 0 bridgehead atoms. The highest BCUT2D eigenvalue weighted by Gasteiger charge is 2.30. The third-order valence-electron chi connectivity index (χ3n) is 6.24. The molecular formula is C28H36N2O5. The molecular weight excluding hydrogens is 444 g/mol. The van der Waals surface area contributed by atoms with Crippen molar-refractivity contribution in [2.24, 2.45) is 11.8 Å². The summed E-state index contributed by atoms with van der Waals surface area (Å²) in [6.07, 6.45) is 0.208. The van der Waals surface area contributed by atoms with E-state index >= 15 is 0 Å². The molecule has 0 radical (unpaired) electrons. The largest absolute Gasteiger partial charge is 0.481 e. The molecule has 35 heavy (non-hydrogen) atoms. The number of hydrogen-bond acceptors (Lipinski definition) is 4. The summed E-state index contributed by atoms with van der Waals surface area (Å²) in [5.41, 5.74) is 3.77. The molecule has 0 fully saturated rings. The molecule has 2 amide bonds. The molecule has 0 saturated heterocycles. The lowest BCUT2D eigenvalue weighted by Gasteiger charge is -2.26. The Kier molecular flexibility index (Phi) is 8.54. The highest BCUT2D eigenvalue weighted by atomic mass is 16.5. The standard InChI is InChI=1S/C28H36N2O5/c1-18(2)13-19(14-26(32)33)16-29-25(31)15-28(3,4)30-27(34)35-17-24-22-11-7-5-9-20(22)21-10-6-8-12-23(21)24/h5-12,18-19,24H,13-17H2,1-4H3,(H,29,31)(H,30,34)(H,32,33)/t19-/m0/s1. The molecule has 0 spiro atoms. The van der Waals surface area contributed by atoms with E-state index in [0.29, 0.717) is 18.9 Å². The van der Waals surface area contributed by atoms with E-state index < -0.39 is 17.6 Å². The van der Waals surface area contributed by atoms with Gasteiger partial charge in [-0.3, -0.25) is 9.59 Å². The summed E-state index contributed by atoms with van der Waals surface area (Å²) in [6.45, 7) is 8.07. The molecule has 0 saturated carbocycles. The minimum Gasteiger partial charge on any atom is -0.481 e. The highest BCUT2D eigenvalue weighted by molar-refractivity contribution is 5.80. The molecule has 1 atom stereocenters.